The van der Waals surface area contributed by atoms with Crippen molar-refractivity contribution in [3.8, 4) is 12.1 Å². The zero-order chi connectivity index (χ0) is 31.7. The molecule has 3 atom stereocenters. The molecule has 4 heterocycles. The summed E-state index contributed by atoms with van der Waals surface area (Å²) in [5.74, 6) is -0.00257. The molecule has 3 aromatic rings. The van der Waals surface area contributed by atoms with Crippen molar-refractivity contribution in [2.45, 2.75) is 70.3 Å². The van der Waals surface area contributed by atoms with Gasteiger partial charge in [-0.25, -0.2) is 4.39 Å². The summed E-state index contributed by atoms with van der Waals surface area (Å²) < 4.78 is 20.4. The molecule has 2 saturated heterocycles. The zero-order valence-electron chi connectivity index (χ0n) is 26.7. The molecule has 2 unspecified atom stereocenters. The fourth-order valence-corrected chi connectivity index (χ4v) is 7.54. The van der Waals surface area contributed by atoms with Gasteiger partial charge < -0.3 is 19.6 Å². The van der Waals surface area contributed by atoms with Crippen molar-refractivity contribution in [1.29, 1.82) is 5.26 Å². The number of halogens is 1. The van der Waals surface area contributed by atoms with Gasteiger partial charge in [0.15, 0.2) is 6.23 Å². The number of likely N-dealkylation sites (N-methyl/N-ethyl adjacent to an activating group) is 1. The predicted octanol–water partition coefficient (Wildman–Crippen LogP) is 4.96. The van der Waals surface area contributed by atoms with Gasteiger partial charge >= 0.3 is 6.01 Å². The number of ether oxygens (including phenoxy) is 1. The third-order valence-corrected chi connectivity index (χ3v) is 10.3. The standard InChI is InChI=1S/C35H44FN7O2/c1-5-35(15-8-17-40(35)4)23-45-34-38-29-22-41(30-12-7-11-26-10-6-9-24(2)31(26)30)18-14-28(29)32(39-34)42-19-20-43(33(44)25(3)36)27(21-42)13-16-37/h6-7,9-12,27,33,44H,3,5,8,13-15,17-23H2,1-2,4H3/t27-,33?,35?/m0/s1. The van der Waals surface area contributed by atoms with E-state index < -0.39 is 12.1 Å². The van der Waals surface area contributed by atoms with Gasteiger partial charge in [-0.1, -0.05) is 43.8 Å². The summed E-state index contributed by atoms with van der Waals surface area (Å²) in [5, 5.41) is 22.5. The summed E-state index contributed by atoms with van der Waals surface area (Å²) in [5.41, 5.74) is 4.42. The summed E-state index contributed by atoms with van der Waals surface area (Å²) >= 11 is 0. The van der Waals surface area contributed by atoms with Gasteiger partial charge in [0.05, 0.1) is 30.3 Å². The molecule has 0 saturated carbocycles. The third-order valence-electron chi connectivity index (χ3n) is 10.3. The summed E-state index contributed by atoms with van der Waals surface area (Å²) in [7, 11) is 2.17. The zero-order valence-corrected chi connectivity index (χ0v) is 26.7. The number of piperazine rings is 1. The number of nitrogens with zero attached hydrogens (tertiary/aromatic N) is 7. The molecule has 10 heteroatoms. The number of aromatic nitrogens is 2. The van der Waals surface area contributed by atoms with Gasteiger partial charge in [-0.15, -0.1) is 0 Å². The first-order valence-electron chi connectivity index (χ1n) is 16.1. The number of likely N-dealkylation sites (tertiary alicyclic amines) is 1. The predicted molar refractivity (Wildman–Crippen MR) is 175 cm³/mol. The maximum atomic E-state index is 14.0. The SMILES string of the molecule is C=C(F)C(O)N1CCN(c2nc(OCC3(CC)CCCN3C)nc3c2CCN(c2cccc4cccc(C)c24)C3)C[C@@H]1CC#N. The molecule has 45 heavy (non-hydrogen) atoms. The number of aryl methyl sites for hydroxylation is 1. The number of hydrogen-bond donors (Lipinski definition) is 1. The average molecular weight is 614 g/mol. The van der Waals surface area contributed by atoms with Crippen LogP contribution in [-0.2, 0) is 13.0 Å². The first-order valence-corrected chi connectivity index (χ1v) is 16.1. The number of benzene rings is 2. The molecule has 2 aromatic carbocycles. The topological polar surface area (TPSA) is 92.0 Å². The molecule has 1 aromatic heterocycles. The fourth-order valence-electron chi connectivity index (χ4n) is 7.54. The lowest BCUT2D eigenvalue weighted by molar-refractivity contribution is -0.0167. The molecule has 0 spiro atoms. The van der Waals surface area contributed by atoms with Gasteiger partial charge in [-0.05, 0) is 63.2 Å². The maximum absolute atomic E-state index is 14.0. The second-order valence-electron chi connectivity index (χ2n) is 12.8. The van der Waals surface area contributed by atoms with Crippen molar-refractivity contribution < 1.29 is 14.2 Å². The number of fused-ring (bicyclic) bond motifs is 2. The fraction of sp³-hybridized carbons (Fsp3) is 0.514. The summed E-state index contributed by atoms with van der Waals surface area (Å²) in [6, 6.07) is 15.1. The highest BCUT2D eigenvalue weighted by atomic mass is 19.1. The van der Waals surface area contributed by atoms with Crippen LogP contribution in [0.3, 0.4) is 0 Å². The van der Waals surface area contributed by atoms with Crippen LogP contribution in [-0.4, -0.2) is 89.1 Å². The first kappa shape index (κ1) is 31.2. The van der Waals surface area contributed by atoms with Crippen LogP contribution in [0.2, 0.25) is 0 Å². The highest BCUT2D eigenvalue weighted by Crippen LogP contribution is 2.37. The van der Waals surface area contributed by atoms with Crippen LogP contribution >= 0.6 is 0 Å². The Labute approximate surface area is 265 Å². The Morgan fingerprint density at radius 2 is 1.98 bits per heavy atom. The van der Waals surface area contributed by atoms with E-state index >= 15 is 0 Å². The second kappa shape index (κ2) is 12.9. The van der Waals surface area contributed by atoms with Crippen LogP contribution < -0.4 is 14.5 Å². The molecule has 1 N–H and O–H groups in total. The quantitative estimate of drug-likeness (QED) is 0.360. The van der Waals surface area contributed by atoms with Crippen molar-refractivity contribution in [2.75, 3.05) is 56.2 Å². The molecule has 238 valence electrons. The van der Waals surface area contributed by atoms with E-state index in [1.165, 1.54) is 22.0 Å². The lowest BCUT2D eigenvalue weighted by atomic mass is 9.94. The van der Waals surface area contributed by atoms with Crippen molar-refractivity contribution in [1.82, 2.24) is 19.8 Å². The van der Waals surface area contributed by atoms with E-state index in [0.717, 1.165) is 55.8 Å². The van der Waals surface area contributed by atoms with Gasteiger partial charge in [0.2, 0.25) is 0 Å². The van der Waals surface area contributed by atoms with Gasteiger partial charge in [0.25, 0.3) is 0 Å². The van der Waals surface area contributed by atoms with Crippen LogP contribution in [0.25, 0.3) is 10.8 Å². The lowest BCUT2D eigenvalue weighted by Crippen LogP contribution is -2.57. The number of aliphatic hydroxyl groups excluding tert-OH is 1. The maximum Gasteiger partial charge on any atom is 0.318 e. The van der Waals surface area contributed by atoms with Crippen LogP contribution in [0.1, 0.15) is 49.4 Å². The Morgan fingerprint density at radius 3 is 2.69 bits per heavy atom. The van der Waals surface area contributed by atoms with Crippen molar-refractivity contribution in [3.05, 3.63) is 65.6 Å². The Kier molecular flexibility index (Phi) is 8.96. The lowest BCUT2D eigenvalue weighted by Gasteiger charge is -2.43. The third kappa shape index (κ3) is 5.97. The van der Waals surface area contributed by atoms with E-state index in [9.17, 15) is 14.8 Å². The molecule has 0 amide bonds. The minimum Gasteiger partial charge on any atom is -0.461 e. The molecule has 2 fully saturated rings. The number of aliphatic hydroxyl groups is 1. The van der Waals surface area contributed by atoms with Gasteiger partial charge in [-0.3, -0.25) is 9.80 Å². The van der Waals surface area contributed by atoms with E-state index in [1.54, 1.807) is 4.90 Å². The Bertz CT molecular complexity index is 1600. The Morgan fingerprint density at radius 1 is 1.18 bits per heavy atom. The van der Waals surface area contributed by atoms with Crippen LogP contribution in [0.4, 0.5) is 15.9 Å². The molecule has 9 nitrogen and oxygen atoms in total. The summed E-state index contributed by atoms with van der Waals surface area (Å²) in [6.45, 7) is 12.0. The monoisotopic (exact) mass is 613 g/mol. The van der Waals surface area contributed by atoms with E-state index in [0.29, 0.717) is 38.8 Å². The largest absolute Gasteiger partial charge is 0.461 e. The molecule has 0 aliphatic carbocycles. The summed E-state index contributed by atoms with van der Waals surface area (Å²) in [6.07, 6.45) is 2.67. The van der Waals surface area contributed by atoms with Gasteiger partial charge in [0.1, 0.15) is 18.3 Å². The normalized spacial score (nSPS) is 23.2. The van der Waals surface area contributed by atoms with Crippen LogP contribution in [0.5, 0.6) is 6.01 Å². The van der Waals surface area contributed by atoms with Crippen molar-refractivity contribution in [3.63, 3.8) is 0 Å². The number of rotatable bonds is 9. The second-order valence-corrected chi connectivity index (χ2v) is 12.8. The average Bonchev–Trinajstić information content (AvgIpc) is 3.42. The first-order chi connectivity index (χ1) is 21.7. The number of anilines is 2. The molecule has 6 rings (SSSR count). The molecule has 0 radical (unpaired) electrons. The molecule has 0 bridgehead atoms. The van der Waals surface area contributed by atoms with E-state index in [4.69, 9.17) is 14.7 Å². The van der Waals surface area contributed by atoms with Crippen molar-refractivity contribution in [2.24, 2.45) is 0 Å². The van der Waals surface area contributed by atoms with Gasteiger partial charge in [-0.2, -0.15) is 15.2 Å². The highest BCUT2D eigenvalue weighted by Gasteiger charge is 2.39. The van der Waals surface area contributed by atoms with Crippen molar-refractivity contribution >= 4 is 22.3 Å². The van der Waals surface area contributed by atoms with E-state index in [-0.39, 0.29) is 18.0 Å². The molecular weight excluding hydrogens is 569 g/mol. The highest BCUT2D eigenvalue weighted by molar-refractivity contribution is 5.97. The van der Waals surface area contributed by atoms with E-state index in [1.807, 2.05) is 0 Å². The van der Waals surface area contributed by atoms with Gasteiger partial charge in [0, 0.05) is 48.9 Å². The summed E-state index contributed by atoms with van der Waals surface area (Å²) in [4.78, 5) is 18.6. The smallest absolute Gasteiger partial charge is 0.318 e. The number of hydrogen-bond acceptors (Lipinski definition) is 9. The number of nitriles is 1. The molecule has 3 aliphatic heterocycles. The Balaban J connectivity index is 1.35. The van der Waals surface area contributed by atoms with E-state index in [2.05, 4.69) is 84.6 Å². The Hall–Kier alpha value is -3.78. The van der Waals surface area contributed by atoms with Crippen LogP contribution in [0.15, 0.2) is 48.8 Å². The minimum atomic E-state index is -1.44. The molecule has 3 aliphatic rings. The molecular formula is C35H44FN7O2. The minimum absolute atomic E-state index is 0.0413. The van der Waals surface area contributed by atoms with Crippen LogP contribution in [0, 0.1) is 18.3 Å².